The lowest BCUT2D eigenvalue weighted by Crippen LogP contribution is -2.50. The van der Waals surface area contributed by atoms with Crippen LogP contribution in [0.25, 0.3) is 4.96 Å². The lowest BCUT2D eigenvalue weighted by Gasteiger charge is -2.30. The molecular formula is C23H26N4O3S. The van der Waals surface area contributed by atoms with Crippen LogP contribution in [0, 0.1) is 19.8 Å². The fourth-order valence-electron chi connectivity index (χ4n) is 4.11. The van der Waals surface area contributed by atoms with Gasteiger partial charge in [0.05, 0.1) is 29.1 Å². The van der Waals surface area contributed by atoms with Crippen molar-refractivity contribution in [2.24, 2.45) is 5.92 Å². The van der Waals surface area contributed by atoms with Crippen molar-refractivity contribution in [1.82, 2.24) is 19.2 Å². The highest BCUT2D eigenvalue weighted by Crippen LogP contribution is 2.28. The summed E-state index contributed by atoms with van der Waals surface area (Å²) in [6.45, 7) is 8.26. The van der Waals surface area contributed by atoms with E-state index in [0.29, 0.717) is 24.1 Å². The van der Waals surface area contributed by atoms with E-state index in [2.05, 4.69) is 4.98 Å². The van der Waals surface area contributed by atoms with Crippen molar-refractivity contribution in [3.63, 3.8) is 0 Å². The number of imidazole rings is 1. The number of carbonyl (C=O) groups excluding carboxylic acids is 3. The monoisotopic (exact) mass is 438 g/mol. The molecule has 1 aromatic carbocycles. The van der Waals surface area contributed by atoms with Crippen LogP contribution in [0.1, 0.15) is 57.2 Å². The normalized spacial score (nSPS) is 14.6. The van der Waals surface area contributed by atoms with Gasteiger partial charge in [-0.2, -0.15) is 0 Å². The average molecular weight is 439 g/mol. The molecule has 1 aliphatic rings. The quantitative estimate of drug-likeness (QED) is 0.550. The predicted octanol–water partition coefficient (Wildman–Crippen LogP) is 3.68. The van der Waals surface area contributed by atoms with E-state index in [0.717, 1.165) is 26.1 Å². The second-order valence-electron chi connectivity index (χ2n) is 8.50. The molecule has 0 spiro atoms. The van der Waals surface area contributed by atoms with Crippen LogP contribution in [0.3, 0.4) is 0 Å². The van der Waals surface area contributed by atoms with Crippen molar-refractivity contribution < 1.29 is 14.4 Å². The Kier molecular flexibility index (Phi) is 5.43. The summed E-state index contributed by atoms with van der Waals surface area (Å²) in [5.74, 6) is -0.909. The number of likely N-dealkylation sites (N-methyl/N-ethyl adjacent to an activating group) is 1. The van der Waals surface area contributed by atoms with E-state index in [4.69, 9.17) is 0 Å². The van der Waals surface area contributed by atoms with E-state index in [1.54, 1.807) is 47.5 Å². The Morgan fingerprint density at radius 1 is 1.13 bits per heavy atom. The molecule has 0 fully saturated rings. The molecule has 0 N–H and O–H groups in total. The fourth-order valence-corrected chi connectivity index (χ4v) is 5.00. The lowest BCUT2D eigenvalue weighted by atomic mass is 10.0. The number of amides is 3. The Bertz CT molecular complexity index is 1160. The SMILES string of the molecule is Cc1cn2c(CN(C)C(=O)C(CC(C)C)N3C(=O)c4ccccc4C3=O)c(C)nc2s1. The van der Waals surface area contributed by atoms with Gasteiger partial charge in [0.15, 0.2) is 4.96 Å². The molecule has 0 saturated heterocycles. The Morgan fingerprint density at radius 3 is 2.32 bits per heavy atom. The molecule has 0 bridgehead atoms. The molecule has 2 aromatic heterocycles. The molecule has 0 aliphatic carbocycles. The van der Waals surface area contributed by atoms with Crippen LogP contribution in [-0.4, -0.2) is 50.0 Å². The number of rotatable bonds is 6. The van der Waals surface area contributed by atoms with Crippen LogP contribution in [0.2, 0.25) is 0 Å². The molecular weight excluding hydrogens is 412 g/mol. The van der Waals surface area contributed by atoms with Crippen molar-refractivity contribution in [3.8, 4) is 0 Å². The van der Waals surface area contributed by atoms with Gasteiger partial charge in [0, 0.05) is 18.1 Å². The van der Waals surface area contributed by atoms with E-state index >= 15 is 0 Å². The van der Waals surface area contributed by atoms with Crippen molar-refractivity contribution in [1.29, 1.82) is 0 Å². The molecule has 31 heavy (non-hydrogen) atoms. The number of aryl methyl sites for hydroxylation is 2. The summed E-state index contributed by atoms with van der Waals surface area (Å²) in [7, 11) is 1.71. The maximum atomic E-state index is 13.5. The minimum atomic E-state index is -0.842. The van der Waals surface area contributed by atoms with Gasteiger partial charge in [0.1, 0.15) is 6.04 Å². The third-order valence-corrected chi connectivity index (χ3v) is 6.52. The molecule has 0 saturated carbocycles. The summed E-state index contributed by atoms with van der Waals surface area (Å²) >= 11 is 1.60. The van der Waals surface area contributed by atoms with Gasteiger partial charge in [-0.05, 0) is 38.3 Å². The maximum Gasteiger partial charge on any atom is 0.262 e. The van der Waals surface area contributed by atoms with Crippen LogP contribution in [0.5, 0.6) is 0 Å². The number of aromatic nitrogens is 2. The highest BCUT2D eigenvalue weighted by atomic mass is 32.1. The first-order valence-electron chi connectivity index (χ1n) is 10.3. The van der Waals surface area contributed by atoms with Gasteiger partial charge < -0.3 is 4.90 Å². The molecule has 3 aromatic rings. The summed E-state index contributed by atoms with van der Waals surface area (Å²) in [5, 5.41) is 0. The number of fused-ring (bicyclic) bond motifs is 2. The number of carbonyl (C=O) groups is 3. The van der Waals surface area contributed by atoms with Crippen molar-refractivity contribution >= 4 is 34.0 Å². The van der Waals surface area contributed by atoms with Gasteiger partial charge >= 0.3 is 0 Å². The van der Waals surface area contributed by atoms with Gasteiger partial charge in [0.25, 0.3) is 11.8 Å². The maximum absolute atomic E-state index is 13.5. The third-order valence-electron chi connectivity index (χ3n) is 5.62. The molecule has 3 heterocycles. The molecule has 0 radical (unpaired) electrons. The number of benzene rings is 1. The summed E-state index contributed by atoms with van der Waals surface area (Å²) in [5.41, 5.74) is 2.52. The fraction of sp³-hybridized carbons (Fsp3) is 0.391. The Morgan fingerprint density at radius 2 is 1.74 bits per heavy atom. The number of hydrogen-bond acceptors (Lipinski definition) is 5. The minimum Gasteiger partial charge on any atom is -0.338 e. The van der Waals surface area contributed by atoms with Crippen LogP contribution in [0.4, 0.5) is 0 Å². The van der Waals surface area contributed by atoms with Crippen molar-refractivity contribution in [2.75, 3.05) is 7.05 Å². The van der Waals surface area contributed by atoms with Gasteiger partial charge in [-0.1, -0.05) is 26.0 Å². The molecule has 4 rings (SSSR count). The zero-order chi connectivity index (χ0) is 22.4. The first-order valence-corrected chi connectivity index (χ1v) is 11.2. The van der Waals surface area contributed by atoms with E-state index in [1.165, 1.54) is 0 Å². The third kappa shape index (κ3) is 3.65. The standard InChI is InChI=1S/C23H26N4O3S/c1-13(2)10-18(27-20(28)16-8-6-7-9-17(16)21(27)29)22(30)25(5)12-19-15(4)24-23-26(19)11-14(3)31-23/h6-9,11,13,18H,10,12H2,1-5H3. The summed E-state index contributed by atoms with van der Waals surface area (Å²) in [6.07, 6.45) is 2.43. The van der Waals surface area contributed by atoms with Crippen molar-refractivity contribution in [2.45, 2.75) is 46.7 Å². The molecule has 1 atom stereocenters. The smallest absolute Gasteiger partial charge is 0.262 e. The summed E-state index contributed by atoms with van der Waals surface area (Å²) in [6, 6.07) is 5.90. The molecule has 8 heteroatoms. The van der Waals surface area contributed by atoms with Gasteiger partial charge in [-0.3, -0.25) is 23.7 Å². The first kappa shape index (κ1) is 21.2. The van der Waals surface area contributed by atoms with E-state index < -0.39 is 17.9 Å². The molecule has 162 valence electrons. The highest BCUT2D eigenvalue weighted by molar-refractivity contribution is 7.17. The Balaban J connectivity index is 1.63. The average Bonchev–Trinajstić information content (AvgIpc) is 3.30. The molecule has 3 amide bonds. The number of nitrogens with zero attached hydrogens (tertiary/aromatic N) is 4. The topological polar surface area (TPSA) is 75.0 Å². The van der Waals surface area contributed by atoms with Gasteiger partial charge in [-0.25, -0.2) is 4.98 Å². The second kappa shape index (κ2) is 7.92. The first-order chi connectivity index (χ1) is 14.7. The zero-order valence-electron chi connectivity index (χ0n) is 18.4. The van der Waals surface area contributed by atoms with Gasteiger partial charge in [0.2, 0.25) is 5.91 Å². The Hall–Kier alpha value is -3.00. The number of imide groups is 1. The second-order valence-corrected chi connectivity index (χ2v) is 9.72. The predicted molar refractivity (Wildman–Crippen MR) is 119 cm³/mol. The number of thiazole rings is 1. The molecule has 1 aliphatic heterocycles. The van der Waals surface area contributed by atoms with E-state index in [9.17, 15) is 14.4 Å². The summed E-state index contributed by atoms with van der Waals surface area (Å²) in [4.78, 5) is 49.0. The molecule has 1 unspecified atom stereocenters. The van der Waals surface area contributed by atoms with Crippen LogP contribution in [0.15, 0.2) is 30.5 Å². The largest absolute Gasteiger partial charge is 0.338 e. The highest BCUT2D eigenvalue weighted by Gasteiger charge is 2.43. The van der Waals surface area contributed by atoms with Crippen LogP contribution in [-0.2, 0) is 11.3 Å². The molecule has 7 nitrogen and oxygen atoms in total. The van der Waals surface area contributed by atoms with Gasteiger partial charge in [-0.15, -0.1) is 11.3 Å². The Labute approximate surface area is 185 Å². The van der Waals surface area contributed by atoms with E-state index in [1.807, 2.05) is 38.3 Å². The lowest BCUT2D eigenvalue weighted by molar-refractivity contribution is -0.135. The van der Waals surface area contributed by atoms with E-state index in [-0.39, 0.29) is 11.8 Å². The van der Waals surface area contributed by atoms with Crippen molar-refractivity contribution in [3.05, 3.63) is 57.9 Å². The number of hydrogen-bond donors (Lipinski definition) is 0. The summed E-state index contributed by atoms with van der Waals surface area (Å²) < 4.78 is 2.01. The van der Waals surface area contributed by atoms with Crippen LogP contribution < -0.4 is 0 Å². The zero-order valence-corrected chi connectivity index (χ0v) is 19.2. The van der Waals surface area contributed by atoms with Crippen LogP contribution >= 0.6 is 11.3 Å². The minimum absolute atomic E-state index is 0.134.